The molecule has 0 saturated heterocycles. The second-order valence-corrected chi connectivity index (χ2v) is 5.17. The van der Waals surface area contributed by atoms with Gasteiger partial charge in [0.05, 0.1) is 7.11 Å². The van der Waals surface area contributed by atoms with E-state index in [-0.39, 0.29) is 24.8 Å². The molecule has 0 atom stereocenters. The number of benzene rings is 2. The van der Waals surface area contributed by atoms with Crippen LogP contribution in [0.4, 0.5) is 0 Å². The molecule has 2 aromatic rings. The number of ether oxygens (including phenoxy) is 1. The lowest BCUT2D eigenvalue weighted by Crippen LogP contribution is -2.18. The molecule has 6 heteroatoms. The van der Waals surface area contributed by atoms with Crippen LogP contribution in [0.5, 0.6) is 5.75 Å². The first kappa shape index (κ1) is 22.2. The van der Waals surface area contributed by atoms with Gasteiger partial charge >= 0.3 is 0 Å². The number of amidine groups is 1. The van der Waals surface area contributed by atoms with Crippen molar-refractivity contribution in [1.82, 2.24) is 5.32 Å². The minimum absolute atomic E-state index is 0. The monoisotopic (exact) mass is 369 g/mol. The highest BCUT2D eigenvalue weighted by atomic mass is 35.5. The molecule has 2 aromatic carbocycles. The van der Waals surface area contributed by atoms with E-state index >= 15 is 0 Å². The molecule has 0 radical (unpaired) electrons. The smallest absolute Gasteiger partial charge is 0.125 e. The third-order valence-electron chi connectivity index (χ3n) is 3.76. The Morgan fingerprint density at radius 3 is 2.21 bits per heavy atom. The minimum Gasteiger partial charge on any atom is -0.496 e. The maximum absolute atomic E-state index is 7.88. The fourth-order valence-electron chi connectivity index (χ4n) is 2.39. The highest BCUT2D eigenvalue weighted by molar-refractivity contribution is 5.96. The van der Waals surface area contributed by atoms with Gasteiger partial charge in [-0.2, -0.15) is 0 Å². The summed E-state index contributed by atoms with van der Waals surface area (Å²) >= 11 is 0. The first-order chi connectivity index (χ1) is 10.7. The van der Waals surface area contributed by atoms with Gasteiger partial charge < -0.3 is 15.8 Å². The zero-order valence-corrected chi connectivity index (χ0v) is 15.6. The molecule has 0 unspecified atom stereocenters. The first-order valence-corrected chi connectivity index (χ1v) is 7.39. The van der Waals surface area contributed by atoms with E-state index in [1.807, 2.05) is 18.2 Å². The van der Waals surface area contributed by atoms with E-state index in [0.29, 0.717) is 12.4 Å². The van der Waals surface area contributed by atoms with Crippen molar-refractivity contribution in [3.05, 3.63) is 64.7 Å². The Kier molecular flexibility index (Phi) is 10.1. The van der Waals surface area contributed by atoms with Crippen LogP contribution in [0.1, 0.15) is 22.3 Å². The van der Waals surface area contributed by atoms with Gasteiger partial charge in [0.15, 0.2) is 0 Å². The molecule has 0 aliphatic rings. The Morgan fingerprint density at radius 1 is 1.04 bits per heavy atom. The number of nitrogens with one attached hydrogen (secondary N) is 2. The van der Waals surface area contributed by atoms with E-state index in [1.165, 1.54) is 5.56 Å². The summed E-state index contributed by atoms with van der Waals surface area (Å²) in [6.45, 7) is 0.572. The molecule has 0 aliphatic carbocycles. The van der Waals surface area contributed by atoms with Gasteiger partial charge in [-0.15, -0.1) is 24.8 Å². The van der Waals surface area contributed by atoms with E-state index in [4.69, 9.17) is 15.9 Å². The van der Waals surface area contributed by atoms with E-state index in [2.05, 4.69) is 29.6 Å². The van der Waals surface area contributed by atoms with Crippen LogP contribution < -0.4 is 15.8 Å². The molecule has 0 saturated carbocycles. The summed E-state index contributed by atoms with van der Waals surface area (Å²) in [6, 6.07) is 14.2. The van der Waals surface area contributed by atoms with E-state index < -0.39 is 0 Å². The van der Waals surface area contributed by atoms with Gasteiger partial charge in [-0.3, -0.25) is 5.41 Å². The fourth-order valence-corrected chi connectivity index (χ4v) is 2.39. The Morgan fingerprint density at radius 2 is 1.67 bits per heavy atom. The Hall–Kier alpha value is -1.75. The number of hydrogen-bond donors (Lipinski definition) is 3. The molecule has 0 aliphatic heterocycles. The van der Waals surface area contributed by atoms with Gasteiger partial charge in [0.25, 0.3) is 0 Å². The van der Waals surface area contributed by atoms with Gasteiger partial charge in [0.2, 0.25) is 0 Å². The maximum Gasteiger partial charge on any atom is 0.125 e. The van der Waals surface area contributed by atoms with E-state index in [0.717, 1.165) is 35.3 Å². The second-order valence-electron chi connectivity index (χ2n) is 5.17. The summed E-state index contributed by atoms with van der Waals surface area (Å²) in [6.07, 6.45) is 1.80. The molecule has 132 valence electrons. The lowest BCUT2D eigenvalue weighted by Gasteiger charge is -2.12. The van der Waals surface area contributed by atoms with Gasteiger partial charge in [-0.05, 0) is 47.7 Å². The summed E-state index contributed by atoms with van der Waals surface area (Å²) in [5.41, 5.74) is 10.0. The summed E-state index contributed by atoms with van der Waals surface area (Å²) in [4.78, 5) is 0. The normalized spacial score (nSPS) is 9.46. The van der Waals surface area contributed by atoms with Crippen LogP contribution in [0.2, 0.25) is 0 Å². The summed E-state index contributed by atoms with van der Waals surface area (Å²) in [7, 11) is 3.43. The number of rotatable bonds is 6. The van der Waals surface area contributed by atoms with Crippen LogP contribution in [0, 0.1) is 5.41 Å². The third kappa shape index (κ3) is 5.71. The molecular formula is C18H25Cl2N3O. The Labute approximate surface area is 156 Å². The van der Waals surface area contributed by atoms with Gasteiger partial charge in [0, 0.05) is 19.2 Å². The maximum atomic E-state index is 7.88. The van der Waals surface area contributed by atoms with Crippen molar-refractivity contribution in [3.63, 3.8) is 0 Å². The third-order valence-corrected chi connectivity index (χ3v) is 3.76. The fraction of sp³-hybridized carbons (Fsp3) is 0.278. The molecular weight excluding hydrogens is 345 g/mol. The SMILES string of the molecule is CNC(=N)c1ccc(OC)c(CCc2ccc(CN)cc2)c1.Cl.Cl. The lowest BCUT2D eigenvalue weighted by molar-refractivity contribution is 0.409. The van der Waals surface area contributed by atoms with Gasteiger partial charge in [0.1, 0.15) is 11.6 Å². The Balaban J connectivity index is 0.00000264. The molecule has 0 heterocycles. The molecule has 4 nitrogen and oxygen atoms in total. The molecule has 0 fully saturated rings. The van der Waals surface area contributed by atoms with E-state index in [9.17, 15) is 0 Å². The highest BCUT2D eigenvalue weighted by Gasteiger charge is 2.07. The number of methoxy groups -OCH3 is 1. The van der Waals surface area contributed by atoms with Crippen LogP contribution >= 0.6 is 24.8 Å². The van der Waals surface area contributed by atoms with E-state index in [1.54, 1.807) is 14.2 Å². The average molecular weight is 370 g/mol. The Bertz CT molecular complexity index is 645. The molecule has 2 rings (SSSR count). The zero-order chi connectivity index (χ0) is 15.9. The second kappa shape index (κ2) is 10.9. The molecule has 0 aromatic heterocycles. The number of nitrogens with two attached hydrogens (primary N) is 1. The first-order valence-electron chi connectivity index (χ1n) is 7.39. The lowest BCUT2D eigenvalue weighted by atomic mass is 10.0. The van der Waals surface area contributed by atoms with Crippen molar-refractivity contribution < 1.29 is 4.74 Å². The summed E-state index contributed by atoms with van der Waals surface area (Å²) in [5, 5.41) is 10.7. The highest BCUT2D eigenvalue weighted by Crippen LogP contribution is 2.22. The molecule has 0 spiro atoms. The summed E-state index contributed by atoms with van der Waals surface area (Å²) in [5.74, 6) is 1.28. The predicted molar refractivity (Wildman–Crippen MR) is 105 cm³/mol. The number of aryl methyl sites for hydroxylation is 2. The topological polar surface area (TPSA) is 71.1 Å². The van der Waals surface area contributed by atoms with Gasteiger partial charge in [-0.25, -0.2) is 0 Å². The average Bonchev–Trinajstić information content (AvgIpc) is 2.59. The molecule has 0 bridgehead atoms. The number of hydrogen-bond acceptors (Lipinski definition) is 3. The number of halogens is 2. The van der Waals surface area contributed by atoms with Crippen molar-refractivity contribution in [1.29, 1.82) is 5.41 Å². The molecule has 0 amide bonds. The van der Waals surface area contributed by atoms with Crippen LogP contribution in [-0.4, -0.2) is 20.0 Å². The molecule has 24 heavy (non-hydrogen) atoms. The van der Waals surface area contributed by atoms with Crippen LogP contribution in [0.15, 0.2) is 42.5 Å². The standard InChI is InChI=1S/C18H23N3O.2ClH/c1-21-18(20)16-9-10-17(22-2)15(11-16)8-7-13-3-5-14(12-19)6-4-13;;/h3-6,9-11H,7-8,12,19H2,1-2H3,(H2,20,21);2*1H. The van der Waals surface area contributed by atoms with Crippen LogP contribution in [0.3, 0.4) is 0 Å². The van der Waals surface area contributed by atoms with Crippen LogP contribution in [0.25, 0.3) is 0 Å². The van der Waals surface area contributed by atoms with Gasteiger partial charge in [-0.1, -0.05) is 24.3 Å². The predicted octanol–water partition coefficient (Wildman–Crippen LogP) is 3.33. The largest absolute Gasteiger partial charge is 0.496 e. The van der Waals surface area contributed by atoms with Crippen molar-refractivity contribution in [2.45, 2.75) is 19.4 Å². The van der Waals surface area contributed by atoms with Crippen molar-refractivity contribution in [2.24, 2.45) is 5.73 Å². The minimum atomic E-state index is 0. The quantitative estimate of drug-likeness (QED) is 0.540. The molecule has 4 N–H and O–H groups in total. The van der Waals surface area contributed by atoms with Crippen molar-refractivity contribution >= 4 is 30.6 Å². The summed E-state index contributed by atoms with van der Waals surface area (Å²) < 4.78 is 5.43. The van der Waals surface area contributed by atoms with Crippen LogP contribution in [-0.2, 0) is 19.4 Å². The van der Waals surface area contributed by atoms with Crippen molar-refractivity contribution in [2.75, 3.05) is 14.2 Å². The van der Waals surface area contributed by atoms with Crippen molar-refractivity contribution in [3.8, 4) is 5.75 Å². The zero-order valence-electron chi connectivity index (χ0n) is 14.0.